The Morgan fingerprint density at radius 2 is 2.00 bits per heavy atom. The first-order valence-electron chi connectivity index (χ1n) is 10.1. The van der Waals surface area contributed by atoms with E-state index in [1.807, 2.05) is 50.4 Å². The standard InChI is InChI=1S/C23H23N5O3/c1-15(2)31-22-8-5-17(9-18(22)10-24)21-14-28(26-25-21)20-6-3-16(4-7-20)11-27-12-19(13-27)23(29)30/h3-9,14-15,19H,11-13H2,1-2H3,(H,29,30)/p-1. The highest BCUT2D eigenvalue weighted by atomic mass is 16.5. The summed E-state index contributed by atoms with van der Waals surface area (Å²) in [7, 11) is 0. The number of carboxylic acid groups (broad SMARTS) is 1. The molecule has 2 aromatic carbocycles. The normalized spacial score (nSPS) is 14.3. The van der Waals surface area contributed by atoms with E-state index < -0.39 is 5.97 Å². The largest absolute Gasteiger partial charge is 0.550 e. The third kappa shape index (κ3) is 4.57. The van der Waals surface area contributed by atoms with Gasteiger partial charge in [-0.3, -0.25) is 4.90 Å². The van der Waals surface area contributed by atoms with Crippen molar-refractivity contribution in [3.63, 3.8) is 0 Å². The molecular formula is C23H22N5O3-. The number of hydrogen-bond donors (Lipinski definition) is 0. The van der Waals surface area contributed by atoms with Crippen molar-refractivity contribution < 1.29 is 14.6 Å². The van der Waals surface area contributed by atoms with E-state index in [0.29, 0.717) is 36.6 Å². The summed E-state index contributed by atoms with van der Waals surface area (Å²) in [4.78, 5) is 12.9. The Morgan fingerprint density at radius 1 is 1.26 bits per heavy atom. The Bertz CT molecular complexity index is 1120. The molecule has 1 aliphatic rings. The molecule has 1 aromatic heterocycles. The summed E-state index contributed by atoms with van der Waals surface area (Å²) in [6.07, 6.45) is 1.80. The number of carbonyl (C=O) groups excluding carboxylic acids is 1. The van der Waals surface area contributed by atoms with Gasteiger partial charge in [0.1, 0.15) is 17.5 Å². The van der Waals surface area contributed by atoms with Crippen LogP contribution in [0.3, 0.4) is 0 Å². The summed E-state index contributed by atoms with van der Waals surface area (Å²) in [5, 5.41) is 28.7. The molecule has 1 fully saturated rings. The number of likely N-dealkylation sites (tertiary alicyclic amines) is 1. The summed E-state index contributed by atoms with van der Waals surface area (Å²) in [6.45, 7) is 5.60. The van der Waals surface area contributed by atoms with Crippen molar-refractivity contribution in [3.05, 3.63) is 59.8 Å². The molecule has 0 amide bonds. The predicted molar refractivity (Wildman–Crippen MR) is 111 cm³/mol. The molecule has 0 spiro atoms. The Morgan fingerprint density at radius 3 is 2.65 bits per heavy atom. The van der Waals surface area contributed by atoms with Crippen molar-refractivity contribution in [3.8, 4) is 28.8 Å². The van der Waals surface area contributed by atoms with Crippen LogP contribution in [-0.2, 0) is 11.3 Å². The topological polar surface area (TPSA) is 107 Å². The SMILES string of the molecule is CC(C)Oc1ccc(-c2cn(-c3ccc(CN4CC(C(=O)[O-])C4)cc3)nn2)cc1C#N. The van der Waals surface area contributed by atoms with Gasteiger partial charge >= 0.3 is 0 Å². The van der Waals surface area contributed by atoms with Crippen LogP contribution in [0, 0.1) is 17.2 Å². The molecule has 0 N–H and O–H groups in total. The number of nitrogens with zero attached hydrogens (tertiary/aromatic N) is 5. The molecule has 4 rings (SSSR count). The Balaban J connectivity index is 1.45. The first-order valence-corrected chi connectivity index (χ1v) is 10.1. The molecule has 0 saturated carbocycles. The van der Waals surface area contributed by atoms with Crippen LogP contribution < -0.4 is 9.84 Å². The molecule has 0 bridgehead atoms. The smallest absolute Gasteiger partial charge is 0.137 e. The van der Waals surface area contributed by atoms with Crippen LogP contribution in [0.2, 0.25) is 0 Å². The van der Waals surface area contributed by atoms with Gasteiger partial charge in [0.25, 0.3) is 0 Å². The lowest BCUT2D eigenvalue weighted by Crippen LogP contribution is -2.53. The Hall–Kier alpha value is -3.70. The van der Waals surface area contributed by atoms with Crippen molar-refractivity contribution in [2.45, 2.75) is 26.5 Å². The molecule has 2 heterocycles. The maximum atomic E-state index is 10.8. The maximum absolute atomic E-state index is 10.8. The average Bonchev–Trinajstić information content (AvgIpc) is 3.20. The molecule has 1 aliphatic heterocycles. The molecule has 0 atom stereocenters. The summed E-state index contributed by atoms with van der Waals surface area (Å²) in [5.74, 6) is -0.782. The van der Waals surface area contributed by atoms with Gasteiger partial charge in [-0.1, -0.05) is 17.3 Å². The van der Waals surface area contributed by atoms with Crippen molar-refractivity contribution in [2.75, 3.05) is 13.1 Å². The third-order valence-corrected chi connectivity index (χ3v) is 5.15. The van der Waals surface area contributed by atoms with Crippen molar-refractivity contribution in [1.82, 2.24) is 19.9 Å². The number of rotatable bonds is 7. The maximum Gasteiger partial charge on any atom is 0.137 e. The third-order valence-electron chi connectivity index (χ3n) is 5.15. The molecular weight excluding hydrogens is 394 g/mol. The van der Waals surface area contributed by atoms with E-state index >= 15 is 0 Å². The molecule has 158 valence electrons. The first-order chi connectivity index (χ1) is 14.9. The quantitative estimate of drug-likeness (QED) is 0.578. The number of ether oxygens (including phenoxy) is 1. The zero-order valence-electron chi connectivity index (χ0n) is 17.4. The fraction of sp³-hybridized carbons (Fsp3) is 0.304. The van der Waals surface area contributed by atoms with Gasteiger partial charge in [-0.25, -0.2) is 4.68 Å². The number of nitriles is 1. The van der Waals surface area contributed by atoms with Crippen LogP contribution in [0.25, 0.3) is 16.9 Å². The second kappa shape index (κ2) is 8.58. The fourth-order valence-corrected chi connectivity index (χ4v) is 3.52. The monoisotopic (exact) mass is 416 g/mol. The van der Waals surface area contributed by atoms with Gasteiger partial charge in [0.2, 0.25) is 0 Å². The zero-order valence-corrected chi connectivity index (χ0v) is 17.4. The second-order valence-electron chi connectivity index (χ2n) is 7.91. The van der Waals surface area contributed by atoms with Crippen LogP contribution in [-0.4, -0.2) is 45.1 Å². The fourth-order valence-electron chi connectivity index (χ4n) is 3.52. The predicted octanol–water partition coefficient (Wildman–Crippen LogP) is 1.77. The summed E-state index contributed by atoms with van der Waals surface area (Å²) < 4.78 is 7.35. The molecule has 1 saturated heterocycles. The van der Waals surface area contributed by atoms with Gasteiger partial charge < -0.3 is 14.6 Å². The van der Waals surface area contributed by atoms with Gasteiger partial charge in [-0.05, 0) is 49.7 Å². The molecule has 0 radical (unpaired) electrons. The first kappa shape index (κ1) is 20.6. The molecule has 0 unspecified atom stereocenters. The van der Waals surface area contributed by atoms with Crippen LogP contribution in [0.5, 0.6) is 5.75 Å². The number of aliphatic carboxylic acids is 1. The molecule has 3 aromatic rings. The lowest BCUT2D eigenvalue weighted by atomic mass is 9.99. The van der Waals surface area contributed by atoms with E-state index in [9.17, 15) is 15.2 Å². The van der Waals surface area contributed by atoms with Gasteiger partial charge in [-0.2, -0.15) is 5.26 Å². The minimum atomic E-state index is -0.974. The summed E-state index contributed by atoms with van der Waals surface area (Å²) in [5.41, 5.74) is 3.86. The average molecular weight is 416 g/mol. The number of carbonyl (C=O) groups is 1. The van der Waals surface area contributed by atoms with E-state index in [-0.39, 0.29) is 12.0 Å². The van der Waals surface area contributed by atoms with Crippen molar-refractivity contribution in [1.29, 1.82) is 5.26 Å². The lowest BCUT2D eigenvalue weighted by molar-refractivity contribution is -0.315. The van der Waals surface area contributed by atoms with Gasteiger partial charge in [0.15, 0.2) is 0 Å². The Kier molecular flexibility index (Phi) is 5.69. The Labute approximate surface area is 180 Å². The number of aromatic nitrogens is 3. The van der Waals surface area contributed by atoms with Gasteiger partial charge in [-0.15, -0.1) is 5.10 Å². The van der Waals surface area contributed by atoms with E-state index in [1.165, 1.54) is 0 Å². The summed E-state index contributed by atoms with van der Waals surface area (Å²) in [6, 6.07) is 15.5. The van der Waals surface area contributed by atoms with Crippen molar-refractivity contribution >= 4 is 5.97 Å². The van der Waals surface area contributed by atoms with E-state index in [1.54, 1.807) is 16.8 Å². The minimum absolute atomic E-state index is 0.0153. The van der Waals surface area contributed by atoms with Crippen LogP contribution in [0.15, 0.2) is 48.7 Å². The van der Waals surface area contributed by atoms with E-state index in [0.717, 1.165) is 16.8 Å². The molecule has 31 heavy (non-hydrogen) atoms. The summed E-state index contributed by atoms with van der Waals surface area (Å²) >= 11 is 0. The molecule has 8 heteroatoms. The number of benzene rings is 2. The molecule has 8 nitrogen and oxygen atoms in total. The highest BCUT2D eigenvalue weighted by Gasteiger charge is 2.27. The second-order valence-corrected chi connectivity index (χ2v) is 7.91. The van der Waals surface area contributed by atoms with E-state index in [4.69, 9.17) is 4.74 Å². The highest BCUT2D eigenvalue weighted by Crippen LogP contribution is 2.26. The number of hydrogen-bond acceptors (Lipinski definition) is 7. The number of carboxylic acids is 1. The van der Waals surface area contributed by atoms with E-state index in [2.05, 4.69) is 21.3 Å². The highest BCUT2D eigenvalue weighted by molar-refractivity contribution is 5.69. The molecule has 0 aliphatic carbocycles. The lowest BCUT2D eigenvalue weighted by Gasteiger charge is -2.39. The van der Waals surface area contributed by atoms with Crippen molar-refractivity contribution in [2.24, 2.45) is 5.92 Å². The van der Waals surface area contributed by atoms with Gasteiger partial charge in [0, 0.05) is 37.1 Å². The van der Waals surface area contributed by atoms with Gasteiger partial charge in [0.05, 0.1) is 23.6 Å². The minimum Gasteiger partial charge on any atom is -0.550 e. The van der Waals surface area contributed by atoms with Crippen LogP contribution >= 0.6 is 0 Å². The van der Waals surface area contributed by atoms with Crippen LogP contribution in [0.1, 0.15) is 25.0 Å². The zero-order chi connectivity index (χ0) is 22.0. The van der Waals surface area contributed by atoms with Crippen LogP contribution in [0.4, 0.5) is 0 Å².